The minimum absolute atomic E-state index is 0.0677. The van der Waals surface area contributed by atoms with Gasteiger partial charge in [-0.2, -0.15) is 0 Å². The molecule has 0 spiro atoms. The zero-order valence-electron chi connectivity index (χ0n) is 18.6. The lowest BCUT2D eigenvalue weighted by Gasteiger charge is -2.30. The van der Waals surface area contributed by atoms with Crippen molar-refractivity contribution in [3.63, 3.8) is 0 Å². The van der Waals surface area contributed by atoms with E-state index in [0.29, 0.717) is 51.0 Å². The van der Waals surface area contributed by atoms with Gasteiger partial charge in [-0.05, 0) is 31.4 Å². The Morgan fingerprint density at radius 1 is 0.935 bits per heavy atom. The Kier molecular flexibility index (Phi) is 11.0. The van der Waals surface area contributed by atoms with Gasteiger partial charge in [0.1, 0.15) is 0 Å². The molecule has 1 fully saturated rings. The van der Waals surface area contributed by atoms with Gasteiger partial charge in [0.15, 0.2) is 0 Å². The van der Waals surface area contributed by atoms with Gasteiger partial charge in [0.2, 0.25) is 15.9 Å². The number of hydrogen-bond acceptors (Lipinski definition) is 4. The number of nitrogens with zero attached hydrogens (tertiary/aromatic N) is 1. The van der Waals surface area contributed by atoms with E-state index in [1.165, 1.54) is 19.3 Å². The number of unbranched alkanes of at least 4 members (excludes halogenated alkanes) is 5. The second-order valence-electron chi connectivity index (χ2n) is 8.17. The van der Waals surface area contributed by atoms with Crippen LogP contribution in [0.2, 0.25) is 0 Å². The molecule has 31 heavy (non-hydrogen) atoms. The molecule has 0 unspecified atom stereocenters. The van der Waals surface area contributed by atoms with Crippen molar-refractivity contribution in [2.75, 3.05) is 31.9 Å². The molecule has 2 rings (SSSR count). The zero-order valence-corrected chi connectivity index (χ0v) is 19.5. The van der Waals surface area contributed by atoms with Crippen molar-refractivity contribution in [2.45, 2.75) is 58.3 Å². The second kappa shape index (κ2) is 13.5. The van der Waals surface area contributed by atoms with Crippen LogP contribution in [0.1, 0.15) is 68.6 Å². The van der Waals surface area contributed by atoms with Gasteiger partial charge < -0.3 is 10.6 Å². The third kappa shape index (κ3) is 8.99. The lowest BCUT2D eigenvalue weighted by atomic mass is 9.97. The van der Waals surface area contributed by atoms with Gasteiger partial charge in [0, 0.05) is 37.7 Å². The van der Waals surface area contributed by atoms with Gasteiger partial charge in [-0.1, -0.05) is 57.2 Å². The van der Waals surface area contributed by atoms with Crippen molar-refractivity contribution < 1.29 is 18.0 Å². The Hall–Kier alpha value is -1.93. The molecule has 0 aliphatic carbocycles. The van der Waals surface area contributed by atoms with Gasteiger partial charge >= 0.3 is 0 Å². The van der Waals surface area contributed by atoms with Gasteiger partial charge in [-0.3, -0.25) is 9.59 Å². The highest BCUT2D eigenvalue weighted by Gasteiger charge is 2.30. The largest absolute Gasteiger partial charge is 0.354 e. The minimum atomic E-state index is -3.23. The number of hydrogen-bond donors (Lipinski definition) is 2. The average Bonchev–Trinajstić information content (AvgIpc) is 2.79. The second-order valence-corrected chi connectivity index (χ2v) is 10.3. The summed E-state index contributed by atoms with van der Waals surface area (Å²) in [5, 5.41) is 5.63. The van der Waals surface area contributed by atoms with Crippen molar-refractivity contribution in [3.05, 3.63) is 35.9 Å². The van der Waals surface area contributed by atoms with E-state index in [4.69, 9.17) is 0 Å². The Bertz CT molecular complexity index is 775. The molecule has 0 atom stereocenters. The number of benzene rings is 1. The minimum Gasteiger partial charge on any atom is -0.354 e. The van der Waals surface area contributed by atoms with E-state index in [1.807, 2.05) is 6.07 Å². The monoisotopic (exact) mass is 451 g/mol. The summed E-state index contributed by atoms with van der Waals surface area (Å²) in [6.45, 7) is 3.68. The van der Waals surface area contributed by atoms with Crippen molar-refractivity contribution in [3.8, 4) is 0 Å². The van der Waals surface area contributed by atoms with Crippen LogP contribution in [0.4, 0.5) is 0 Å². The van der Waals surface area contributed by atoms with Gasteiger partial charge in [-0.15, -0.1) is 0 Å². The van der Waals surface area contributed by atoms with Crippen LogP contribution in [0.25, 0.3) is 0 Å². The summed E-state index contributed by atoms with van der Waals surface area (Å²) in [6.07, 6.45) is 7.41. The molecule has 1 aliphatic heterocycles. The molecule has 2 amide bonds. The standard InChI is InChI=1S/C23H37N3O4S/c1-2-3-4-5-6-10-19-31(29,30)26-17-13-21(14-18-26)23(28)25-16-15-24-22(27)20-11-8-7-9-12-20/h7-9,11-12,21H,2-6,10,13-19H2,1H3,(H,24,27)(H,25,28). The Balaban J connectivity index is 1.61. The number of nitrogens with one attached hydrogen (secondary N) is 2. The molecule has 2 N–H and O–H groups in total. The van der Waals surface area contributed by atoms with E-state index in [2.05, 4.69) is 17.6 Å². The zero-order chi connectivity index (χ0) is 22.5. The molecule has 1 heterocycles. The van der Waals surface area contributed by atoms with Crippen LogP contribution in [0.15, 0.2) is 30.3 Å². The van der Waals surface area contributed by atoms with Crippen molar-refractivity contribution >= 4 is 21.8 Å². The van der Waals surface area contributed by atoms with Crippen LogP contribution in [-0.4, -0.2) is 56.5 Å². The summed E-state index contributed by atoms with van der Waals surface area (Å²) in [5.41, 5.74) is 0.586. The first-order chi connectivity index (χ1) is 14.9. The van der Waals surface area contributed by atoms with Crippen LogP contribution in [0.5, 0.6) is 0 Å². The maximum absolute atomic E-state index is 12.5. The molecule has 1 saturated heterocycles. The highest BCUT2D eigenvalue weighted by atomic mass is 32.2. The van der Waals surface area contributed by atoms with E-state index in [-0.39, 0.29) is 23.5 Å². The highest BCUT2D eigenvalue weighted by Crippen LogP contribution is 2.21. The van der Waals surface area contributed by atoms with Crippen LogP contribution < -0.4 is 10.6 Å². The molecular formula is C23H37N3O4S. The summed E-state index contributed by atoms with van der Waals surface area (Å²) in [7, 11) is -3.23. The third-order valence-electron chi connectivity index (χ3n) is 5.72. The van der Waals surface area contributed by atoms with E-state index in [1.54, 1.807) is 28.6 Å². The first-order valence-corrected chi connectivity index (χ1v) is 13.1. The van der Waals surface area contributed by atoms with E-state index in [9.17, 15) is 18.0 Å². The molecule has 0 radical (unpaired) electrons. The smallest absolute Gasteiger partial charge is 0.251 e. The molecule has 0 bridgehead atoms. The summed E-state index contributed by atoms with van der Waals surface area (Å²) in [5.74, 6) is -0.206. The molecule has 8 heteroatoms. The molecule has 174 valence electrons. The Morgan fingerprint density at radius 3 is 2.23 bits per heavy atom. The first kappa shape index (κ1) is 25.3. The summed E-state index contributed by atoms with van der Waals surface area (Å²) in [6, 6.07) is 8.93. The van der Waals surface area contributed by atoms with Crippen LogP contribution in [0.3, 0.4) is 0 Å². The highest BCUT2D eigenvalue weighted by molar-refractivity contribution is 7.89. The van der Waals surface area contributed by atoms with E-state index >= 15 is 0 Å². The molecular weight excluding hydrogens is 414 g/mol. The topological polar surface area (TPSA) is 95.6 Å². The number of carbonyl (C=O) groups excluding carboxylic acids is 2. The third-order valence-corrected chi connectivity index (χ3v) is 7.68. The summed E-state index contributed by atoms with van der Waals surface area (Å²) in [4.78, 5) is 24.4. The Labute approximate surface area is 187 Å². The predicted octanol–water partition coefficient (Wildman–Crippen LogP) is 2.93. The number of rotatable bonds is 13. The lowest BCUT2D eigenvalue weighted by molar-refractivity contribution is -0.126. The van der Waals surface area contributed by atoms with Crippen LogP contribution in [0, 0.1) is 5.92 Å². The molecule has 0 aromatic heterocycles. The van der Waals surface area contributed by atoms with Gasteiger partial charge in [-0.25, -0.2) is 12.7 Å². The normalized spacial score (nSPS) is 15.5. The van der Waals surface area contributed by atoms with Crippen LogP contribution in [-0.2, 0) is 14.8 Å². The number of amides is 2. The summed E-state index contributed by atoms with van der Waals surface area (Å²) < 4.78 is 26.6. The van der Waals surface area contributed by atoms with E-state index < -0.39 is 10.0 Å². The Morgan fingerprint density at radius 2 is 1.55 bits per heavy atom. The molecule has 1 aromatic rings. The molecule has 1 aliphatic rings. The quantitative estimate of drug-likeness (QED) is 0.451. The molecule has 0 saturated carbocycles. The number of carbonyl (C=O) groups is 2. The fourth-order valence-electron chi connectivity index (χ4n) is 3.79. The molecule has 7 nitrogen and oxygen atoms in total. The first-order valence-electron chi connectivity index (χ1n) is 11.5. The average molecular weight is 452 g/mol. The lowest BCUT2D eigenvalue weighted by Crippen LogP contribution is -2.44. The van der Waals surface area contributed by atoms with Gasteiger partial charge in [0.25, 0.3) is 5.91 Å². The number of sulfonamides is 1. The van der Waals surface area contributed by atoms with Crippen molar-refractivity contribution in [1.29, 1.82) is 0 Å². The van der Waals surface area contributed by atoms with Crippen molar-refractivity contribution in [2.24, 2.45) is 5.92 Å². The van der Waals surface area contributed by atoms with Gasteiger partial charge in [0.05, 0.1) is 5.75 Å². The maximum Gasteiger partial charge on any atom is 0.251 e. The van der Waals surface area contributed by atoms with Crippen LogP contribution >= 0.6 is 0 Å². The molecule has 1 aromatic carbocycles. The summed E-state index contributed by atoms with van der Waals surface area (Å²) >= 11 is 0. The fraction of sp³-hybridized carbons (Fsp3) is 0.652. The van der Waals surface area contributed by atoms with E-state index in [0.717, 1.165) is 12.8 Å². The SMILES string of the molecule is CCCCCCCCS(=O)(=O)N1CCC(C(=O)NCCNC(=O)c2ccccc2)CC1. The fourth-order valence-corrected chi connectivity index (χ4v) is 5.38. The van der Waals surface area contributed by atoms with Crippen molar-refractivity contribution in [1.82, 2.24) is 14.9 Å². The number of piperidine rings is 1. The maximum atomic E-state index is 12.5. The predicted molar refractivity (Wildman–Crippen MR) is 123 cm³/mol.